The molecule has 1 heterocycles. The van der Waals surface area contributed by atoms with Crippen LogP contribution in [0, 0.1) is 0 Å². The molecule has 0 radical (unpaired) electrons. The summed E-state index contributed by atoms with van der Waals surface area (Å²) in [6.45, 7) is 2.10. The van der Waals surface area contributed by atoms with Crippen LogP contribution in [0.1, 0.15) is 19.0 Å². The molecule has 0 aliphatic heterocycles. The third-order valence-electron chi connectivity index (χ3n) is 3.49. The number of aromatic hydroxyl groups is 1. The summed E-state index contributed by atoms with van der Waals surface area (Å²) in [5.74, 6) is 0.284. The minimum Gasteiger partial charge on any atom is -0.504 e. The Morgan fingerprint density at radius 1 is 0.952 bits per heavy atom. The predicted molar refractivity (Wildman–Crippen MR) is 84.7 cm³/mol. The van der Waals surface area contributed by atoms with Crippen LogP contribution in [-0.2, 0) is 6.42 Å². The van der Waals surface area contributed by atoms with E-state index < -0.39 is 0 Å². The number of para-hydroxylation sites is 1. The summed E-state index contributed by atoms with van der Waals surface area (Å²) in [5.41, 5.74) is 3.41. The zero-order valence-corrected chi connectivity index (χ0v) is 12.0. The highest BCUT2D eigenvalue weighted by atomic mass is 16.3. The number of hydrogen-bond donors (Lipinski definition) is 1. The fourth-order valence-electron chi connectivity index (χ4n) is 2.48. The Morgan fingerprint density at radius 3 is 2.19 bits per heavy atom. The second-order valence-electron chi connectivity index (χ2n) is 5.01. The molecule has 3 aromatic rings. The van der Waals surface area contributed by atoms with Gasteiger partial charge in [0.25, 0.3) is 0 Å². The summed E-state index contributed by atoms with van der Waals surface area (Å²) >= 11 is 0. The minimum absolute atomic E-state index is 0.284. The van der Waals surface area contributed by atoms with Crippen molar-refractivity contribution >= 4 is 0 Å². The first-order valence-electron chi connectivity index (χ1n) is 7.23. The molecule has 106 valence electrons. The summed E-state index contributed by atoms with van der Waals surface area (Å²) in [7, 11) is 0. The minimum atomic E-state index is 0.284. The number of rotatable bonds is 4. The van der Waals surface area contributed by atoms with Gasteiger partial charge in [-0.2, -0.15) is 5.10 Å². The maximum absolute atomic E-state index is 10.6. The summed E-state index contributed by atoms with van der Waals surface area (Å²) in [4.78, 5) is 0. The SMILES string of the molecule is CCCc1c(O)c(-c2ccccc2)nn1-c1ccccc1. The average Bonchev–Trinajstić information content (AvgIpc) is 2.87. The number of nitrogens with zero attached hydrogens (tertiary/aromatic N) is 2. The van der Waals surface area contributed by atoms with Crippen LogP contribution >= 0.6 is 0 Å². The second-order valence-corrected chi connectivity index (χ2v) is 5.01. The fraction of sp³-hybridized carbons (Fsp3) is 0.167. The average molecular weight is 278 g/mol. The molecule has 0 aliphatic carbocycles. The van der Waals surface area contributed by atoms with Gasteiger partial charge in [-0.3, -0.25) is 0 Å². The van der Waals surface area contributed by atoms with E-state index in [1.807, 2.05) is 65.3 Å². The van der Waals surface area contributed by atoms with E-state index in [4.69, 9.17) is 0 Å². The highest BCUT2D eigenvalue weighted by molar-refractivity contribution is 5.67. The molecule has 0 bridgehead atoms. The van der Waals surface area contributed by atoms with Crippen LogP contribution in [0.4, 0.5) is 0 Å². The number of benzene rings is 2. The topological polar surface area (TPSA) is 38.1 Å². The number of hydrogen-bond acceptors (Lipinski definition) is 2. The van der Waals surface area contributed by atoms with Crippen molar-refractivity contribution in [2.45, 2.75) is 19.8 Å². The Bertz CT molecular complexity index is 718. The maximum atomic E-state index is 10.6. The van der Waals surface area contributed by atoms with Crippen molar-refractivity contribution in [1.29, 1.82) is 0 Å². The molecular formula is C18H18N2O. The van der Waals surface area contributed by atoms with E-state index in [1.54, 1.807) is 0 Å². The lowest BCUT2D eigenvalue weighted by Crippen LogP contribution is -2.01. The van der Waals surface area contributed by atoms with Gasteiger partial charge in [0.2, 0.25) is 0 Å². The third-order valence-corrected chi connectivity index (χ3v) is 3.49. The van der Waals surface area contributed by atoms with E-state index in [0.717, 1.165) is 29.8 Å². The van der Waals surface area contributed by atoms with E-state index in [0.29, 0.717) is 5.69 Å². The molecule has 0 saturated carbocycles. The molecule has 0 unspecified atom stereocenters. The first-order chi connectivity index (χ1) is 10.3. The van der Waals surface area contributed by atoms with Gasteiger partial charge < -0.3 is 5.11 Å². The van der Waals surface area contributed by atoms with Crippen molar-refractivity contribution in [3.05, 3.63) is 66.4 Å². The molecule has 3 rings (SSSR count). The molecular weight excluding hydrogens is 260 g/mol. The van der Waals surface area contributed by atoms with Gasteiger partial charge in [0.05, 0.1) is 11.4 Å². The van der Waals surface area contributed by atoms with Crippen LogP contribution in [0.2, 0.25) is 0 Å². The molecule has 0 saturated heterocycles. The van der Waals surface area contributed by atoms with Crippen molar-refractivity contribution in [3.63, 3.8) is 0 Å². The molecule has 21 heavy (non-hydrogen) atoms. The number of aromatic nitrogens is 2. The van der Waals surface area contributed by atoms with Crippen molar-refractivity contribution in [2.75, 3.05) is 0 Å². The summed E-state index contributed by atoms with van der Waals surface area (Å²) in [6, 6.07) is 19.7. The van der Waals surface area contributed by atoms with Gasteiger partial charge >= 0.3 is 0 Å². The highest BCUT2D eigenvalue weighted by Gasteiger charge is 2.18. The van der Waals surface area contributed by atoms with E-state index in [-0.39, 0.29) is 5.75 Å². The van der Waals surface area contributed by atoms with Crippen LogP contribution < -0.4 is 0 Å². The molecule has 3 heteroatoms. The van der Waals surface area contributed by atoms with Crippen molar-refractivity contribution in [2.24, 2.45) is 0 Å². The van der Waals surface area contributed by atoms with Crippen LogP contribution in [0.3, 0.4) is 0 Å². The van der Waals surface area contributed by atoms with Gasteiger partial charge in [0, 0.05) is 5.56 Å². The zero-order valence-electron chi connectivity index (χ0n) is 12.0. The van der Waals surface area contributed by atoms with Crippen LogP contribution in [0.15, 0.2) is 60.7 Å². The Labute approximate surface area is 124 Å². The molecule has 0 atom stereocenters. The monoisotopic (exact) mass is 278 g/mol. The molecule has 1 N–H and O–H groups in total. The highest BCUT2D eigenvalue weighted by Crippen LogP contribution is 2.33. The van der Waals surface area contributed by atoms with Crippen LogP contribution in [-0.4, -0.2) is 14.9 Å². The lowest BCUT2D eigenvalue weighted by Gasteiger charge is -2.06. The Balaban J connectivity index is 2.16. The Hall–Kier alpha value is -2.55. The largest absolute Gasteiger partial charge is 0.504 e. The molecule has 3 nitrogen and oxygen atoms in total. The van der Waals surface area contributed by atoms with Gasteiger partial charge in [-0.15, -0.1) is 0 Å². The van der Waals surface area contributed by atoms with Crippen molar-refractivity contribution in [1.82, 2.24) is 9.78 Å². The lowest BCUT2D eigenvalue weighted by molar-refractivity contribution is 0.468. The van der Waals surface area contributed by atoms with Gasteiger partial charge in [0.1, 0.15) is 5.69 Å². The molecule has 0 fully saturated rings. The fourth-order valence-corrected chi connectivity index (χ4v) is 2.48. The molecule has 2 aromatic carbocycles. The first kappa shape index (κ1) is 13.4. The van der Waals surface area contributed by atoms with Crippen molar-refractivity contribution < 1.29 is 5.11 Å². The van der Waals surface area contributed by atoms with E-state index in [2.05, 4.69) is 12.0 Å². The summed E-state index contributed by atoms with van der Waals surface area (Å²) in [5, 5.41) is 15.2. The van der Waals surface area contributed by atoms with Crippen LogP contribution in [0.5, 0.6) is 5.75 Å². The summed E-state index contributed by atoms with van der Waals surface area (Å²) < 4.78 is 1.85. The lowest BCUT2D eigenvalue weighted by atomic mass is 10.1. The maximum Gasteiger partial charge on any atom is 0.165 e. The van der Waals surface area contributed by atoms with Gasteiger partial charge in [-0.1, -0.05) is 61.9 Å². The first-order valence-corrected chi connectivity index (χ1v) is 7.23. The molecule has 0 spiro atoms. The quantitative estimate of drug-likeness (QED) is 0.776. The Morgan fingerprint density at radius 2 is 1.57 bits per heavy atom. The smallest absolute Gasteiger partial charge is 0.165 e. The van der Waals surface area contributed by atoms with Gasteiger partial charge in [0.15, 0.2) is 5.75 Å². The normalized spacial score (nSPS) is 10.7. The summed E-state index contributed by atoms with van der Waals surface area (Å²) in [6.07, 6.45) is 1.75. The predicted octanol–water partition coefficient (Wildman–Crippen LogP) is 4.20. The molecule has 1 aromatic heterocycles. The molecule has 0 amide bonds. The zero-order chi connectivity index (χ0) is 14.7. The van der Waals surface area contributed by atoms with Crippen LogP contribution in [0.25, 0.3) is 16.9 Å². The van der Waals surface area contributed by atoms with E-state index >= 15 is 0 Å². The molecule has 0 aliphatic rings. The van der Waals surface area contributed by atoms with E-state index in [9.17, 15) is 5.11 Å². The van der Waals surface area contributed by atoms with Gasteiger partial charge in [-0.25, -0.2) is 4.68 Å². The second kappa shape index (κ2) is 5.83. The third kappa shape index (κ3) is 2.55. The standard InChI is InChI=1S/C18H18N2O/c1-2-9-16-18(21)17(14-10-5-3-6-11-14)19-20(16)15-12-7-4-8-13-15/h3-8,10-13,21H,2,9H2,1H3. The van der Waals surface area contributed by atoms with E-state index in [1.165, 1.54) is 0 Å². The Kier molecular flexibility index (Phi) is 3.73. The van der Waals surface area contributed by atoms with Crippen molar-refractivity contribution in [3.8, 4) is 22.7 Å². The van der Waals surface area contributed by atoms with Gasteiger partial charge in [-0.05, 0) is 18.6 Å².